The van der Waals surface area contributed by atoms with Crippen LogP contribution in [0.25, 0.3) is 0 Å². The minimum absolute atomic E-state index is 0.575. The molecule has 0 amide bonds. The first kappa shape index (κ1) is 14.6. The van der Waals surface area contributed by atoms with E-state index in [0.717, 1.165) is 43.6 Å². The molecule has 1 aromatic heterocycles. The van der Waals surface area contributed by atoms with Gasteiger partial charge >= 0.3 is 0 Å². The fourth-order valence-electron chi connectivity index (χ4n) is 2.73. The Hall–Kier alpha value is -0.760. The third kappa shape index (κ3) is 3.62. The summed E-state index contributed by atoms with van der Waals surface area (Å²) in [5.74, 6) is 3.26. The zero-order chi connectivity index (χ0) is 13.8. The van der Waals surface area contributed by atoms with E-state index in [9.17, 15) is 0 Å². The summed E-state index contributed by atoms with van der Waals surface area (Å²) in [4.78, 5) is 7.25. The Balaban J connectivity index is 2.20. The van der Waals surface area contributed by atoms with Gasteiger partial charge in [-0.2, -0.15) is 0 Å². The first-order chi connectivity index (χ1) is 9.13. The molecule has 1 fully saturated rings. The number of alkyl halides is 1. The van der Waals surface area contributed by atoms with Crippen molar-refractivity contribution in [3.8, 4) is 0 Å². The highest BCUT2D eigenvalue weighted by Gasteiger charge is 2.23. The molecule has 0 bridgehead atoms. The van der Waals surface area contributed by atoms with Gasteiger partial charge in [0, 0.05) is 24.7 Å². The number of rotatable bonds is 4. The van der Waals surface area contributed by atoms with Gasteiger partial charge < -0.3 is 4.90 Å². The molecule has 0 aromatic carbocycles. The first-order valence-electron chi connectivity index (χ1n) is 7.44. The Bertz CT molecular complexity index is 419. The van der Waals surface area contributed by atoms with E-state index in [2.05, 4.69) is 37.8 Å². The summed E-state index contributed by atoms with van der Waals surface area (Å²) >= 11 is 6.02. The van der Waals surface area contributed by atoms with Crippen LogP contribution in [0.3, 0.4) is 0 Å². The Morgan fingerprint density at radius 1 is 1.32 bits per heavy atom. The molecule has 0 spiro atoms. The lowest BCUT2D eigenvalue weighted by molar-refractivity contribution is 0.322. The lowest BCUT2D eigenvalue weighted by Crippen LogP contribution is -2.39. The maximum absolute atomic E-state index is 6.02. The van der Waals surface area contributed by atoms with E-state index in [1.165, 1.54) is 17.7 Å². The van der Waals surface area contributed by atoms with Gasteiger partial charge in [0.25, 0.3) is 0 Å². The molecule has 1 aliphatic rings. The third-order valence-electron chi connectivity index (χ3n) is 4.24. The number of hydrogen-bond donors (Lipinski definition) is 0. The standard InChI is InChI=1S/C16H25ClN2/c1-4-5-15-8-14(10-17)9-16(18-15)19-7-6-12(2)13(3)11-19/h8-9,12-13H,4-7,10-11H2,1-3H3. The molecule has 0 aliphatic carbocycles. The lowest BCUT2D eigenvalue weighted by atomic mass is 9.89. The molecule has 2 atom stereocenters. The van der Waals surface area contributed by atoms with Gasteiger partial charge in [0.2, 0.25) is 0 Å². The molecule has 2 rings (SSSR count). The highest BCUT2D eigenvalue weighted by molar-refractivity contribution is 6.17. The largest absolute Gasteiger partial charge is 0.356 e. The van der Waals surface area contributed by atoms with E-state index < -0.39 is 0 Å². The fraction of sp³-hybridized carbons (Fsp3) is 0.688. The van der Waals surface area contributed by atoms with Crippen LogP contribution >= 0.6 is 11.6 Å². The Morgan fingerprint density at radius 2 is 2.11 bits per heavy atom. The van der Waals surface area contributed by atoms with Gasteiger partial charge in [-0.05, 0) is 42.4 Å². The molecule has 2 unspecified atom stereocenters. The van der Waals surface area contributed by atoms with Crippen LogP contribution in [-0.4, -0.2) is 18.1 Å². The minimum atomic E-state index is 0.575. The van der Waals surface area contributed by atoms with E-state index in [4.69, 9.17) is 16.6 Å². The van der Waals surface area contributed by atoms with E-state index in [1.54, 1.807) is 0 Å². The predicted octanol–water partition coefficient (Wildman–Crippen LogP) is 4.26. The van der Waals surface area contributed by atoms with Crippen LogP contribution in [0.5, 0.6) is 0 Å². The Kier molecular flexibility index (Phi) is 5.09. The van der Waals surface area contributed by atoms with Crippen molar-refractivity contribution >= 4 is 17.4 Å². The highest BCUT2D eigenvalue weighted by Crippen LogP contribution is 2.27. The van der Waals surface area contributed by atoms with Gasteiger partial charge in [-0.15, -0.1) is 11.6 Å². The third-order valence-corrected chi connectivity index (χ3v) is 4.55. The topological polar surface area (TPSA) is 16.1 Å². The van der Waals surface area contributed by atoms with Crippen molar-refractivity contribution in [2.24, 2.45) is 11.8 Å². The molecule has 0 N–H and O–H groups in total. The molecule has 1 saturated heterocycles. The highest BCUT2D eigenvalue weighted by atomic mass is 35.5. The molecule has 0 radical (unpaired) electrons. The summed E-state index contributed by atoms with van der Waals surface area (Å²) in [6.45, 7) is 9.13. The summed E-state index contributed by atoms with van der Waals surface area (Å²) in [6.07, 6.45) is 3.43. The maximum Gasteiger partial charge on any atom is 0.129 e. The van der Waals surface area contributed by atoms with Crippen molar-refractivity contribution in [2.45, 2.75) is 45.9 Å². The van der Waals surface area contributed by atoms with Gasteiger partial charge in [-0.25, -0.2) is 4.98 Å². The molecule has 1 aromatic rings. The first-order valence-corrected chi connectivity index (χ1v) is 7.98. The second kappa shape index (κ2) is 6.60. The van der Waals surface area contributed by atoms with Crippen molar-refractivity contribution in [1.29, 1.82) is 0 Å². The molecule has 106 valence electrons. The minimum Gasteiger partial charge on any atom is -0.356 e. The lowest BCUT2D eigenvalue weighted by Gasteiger charge is -2.36. The zero-order valence-corrected chi connectivity index (χ0v) is 13.1. The monoisotopic (exact) mass is 280 g/mol. The molecule has 2 heterocycles. The van der Waals surface area contributed by atoms with Crippen LogP contribution in [0.4, 0.5) is 5.82 Å². The number of nitrogens with zero attached hydrogens (tertiary/aromatic N) is 2. The number of pyridine rings is 1. The summed E-state index contributed by atoms with van der Waals surface area (Å²) in [6, 6.07) is 4.31. The van der Waals surface area contributed by atoms with E-state index >= 15 is 0 Å². The smallest absolute Gasteiger partial charge is 0.129 e. The van der Waals surface area contributed by atoms with Gasteiger partial charge in [-0.1, -0.05) is 27.2 Å². The van der Waals surface area contributed by atoms with Crippen LogP contribution in [-0.2, 0) is 12.3 Å². The normalized spacial score (nSPS) is 23.7. The van der Waals surface area contributed by atoms with E-state index in [-0.39, 0.29) is 0 Å². The van der Waals surface area contributed by atoms with Crippen LogP contribution in [0.2, 0.25) is 0 Å². The quantitative estimate of drug-likeness (QED) is 0.766. The molecular formula is C16H25ClN2. The zero-order valence-electron chi connectivity index (χ0n) is 12.3. The van der Waals surface area contributed by atoms with Gasteiger partial charge in [0.15, 0.2) is 0 Å². The van der Waals surface area contributed by atoms with Gasteiger partial charge in [0.05, 0.1) is 0 Å². The molecule has 3 heteroatoms. The summed E-state index contributed by atoms with van der Waals surface area (Å²) in [5.41, 5.74) is 2.38. The van der Waals surface area contributed by atoms with E-state index in [0.29, 0.717) is 5.88 Å². The maximum atomic E-state index is 6.02. The number of hydrogen-bond acceptors (Lipinski definition) is 2. The summed E-state index contributed by atoms with van der Waals surface area (Å²) in [7, 11) is 0. The average molecular weight is 281 g/mol. The number of aromatic nitrogens is 1. The van der Waals surface area contributed by atoms with Crippen LogP contribution in [0.1, 0.15) is 44.9 Å². The SMILES string of the molecule is CCCc1cc(CCl)cc(N2CCC(C)C(C)C2)n1. The fourth-order valence-corrected chi connectivity index (χ4v) is 2.88. The van der Waals surface area contributed by atoms with Gasteiger partial charge in [0.1, 0.15) is 5.82 Å². The van der Waals surface area contributed by atoms with E-state index in [1.807, 2.05) is 0 Å². The Morgan fingerprint density at radius 3 is 2.74 bits per heavy atom. The summed E-state index contributed by atoms with van der Waals surface area (Å²) in [5, 5.41) is 0. The number of halogens is 1. The van der Waals surface area contributed by atoms with Crippen LogP contribution < -0.4 is 4.90 Å². The predicted molar refractivity (Wildman–Crippen MR) is 82.9 cm³/mol. The van der Waals surface area contributed by atoms with Crippen molar-refractivity contribution in [3.63, 3.8) is 0 Å². The number of aryl methyl sites for hydroxylation is 1. The molecule has 2 nitrogen and oxygen atoms in total. The number of piperidine rings is 1. The van der Waals surface area contributed by atoms with Crippen LogP contribution in [0.15, 0.2) is 12.1 Å². The summed E-state index contributed by atoms with van der Waals surface area (Å²) < 4.78 is 0. The van der Waals surface area contributed by atoms with Crippen molar-refractivity contribution in [1.82, 2.24) is 4.98 Å². The second-order valence-corrected chi connectivity index (χ2v) is 6.17. The average Bonchev–Trinajstić information content (AvgIpc) is 2.42. The van der Waals surface area contributed by atoms with Crippen molar-refractivity contribution < 1.29 is 0 Å². The Labute approximate surface area is 122 Å². The van der Waals surface area contributed by atoms with Gasteiger partial charge in [-0.3, -0.25) is 0 Å². The molecular weight excluding hydrogens is 256 g/mol. The second-order valence-electron chi connectivity index (χ2n) is 5.90. The van der Waals surface area contributed by atoms with Crippen molar-refractivity contribution in [2.75, 3.05) is 18.0 Å². The van der Waals surface area contributed by atoms with Crippen molar-refractivity contribution in [3.05, 3.63) is 23.4 Å². The molecule has 19 heavy (non-hydrogen) atoms. The molecule has 1 aliphatic heterocycles. The van der Waals surface area contributed by atoms with Crippen LogP contribution in [0, 0.1) is 11.8 Å². The molecule has 0 saturated carbocycles. The number of anilines is 1.